The van der Waals surface area contributed by atoms with Crippen LogP contribution in [0, 0.1) is 0 Å². The fourth-order valence-electron chi connectivity index (χ4n) is 8.79. The number of para-hydroxylation sites is 1. The molecule has 2 aromatic heterocycles. The zero-order valence-electron chi connectivity index (χ0n) is 30.0. The smallest absolute Gasteiger partial charge is 0.161 e. The van der Waals surface area contributed by atoms with Crippen LogP contribution in [0.3, 0.4) is 0 Å². The predicted octanol–water partition coefficient (Wildman–Crippen LogP) is 13.7. The Labute approximate surface area is 313 Å². The quantitative estimate of drug-likeness (QED) is 0.184. The van der Waals surface area contributed by atoms with Crippen LogP contribution in [-0.4, -0.2) is 9.97 Å². The van der Waals surface area contributed by atoms with Gasteiger partial charge in [-0.15, -0.1) is 0 Å². The molecule has 2 heterocycles. The van der Waals surface area contributed by atoms with Gasteiger partial charge in [0.15, 0.2) is 5.82 Å². The van der Waals surface area contributed by atoms with Crippen LogP contribution in [0.4, 0.5) is 0 Å². The summed E-state index contributed by atoms with van der Waals surface area (Å²) in [5.74, 6) is 0.697. The lowest BCUT2D eigenvalue weighted by atomic mass is 9.81. The first kappa shape index (κ1) is 30.8. The monoisotopic (exact) mass is 690 g/mol. The zero-order valence-corrected chi connectivity index (χ0v) is 30.0. The SMILES string of the molecule is CC1(C)c2ccc(-c3ccc(-c4nc(-c5ccccc5)cc(-c5ccc6oc7ccccc7c6c5)n4)c4ccccc34)cc2-c2c1ccc1ccccc21. The minimum Gasteiger partial charge on any atom is -0.456 e. The Bertz CT molecular complexity index is 3130. The van der Waals surface area contributed by atoms with E-state index in [2.05, 4.69) is 166 Å². The fourth-order valence-corrected chi connectivity index (χ4v) is 8.79. The lowest BCUT2D eigenvalue weighted by molar-refractivity contribution is 0.661. The Morgan fingerprint density at radius 1 is 0.407 bits per heavy atom. The first-order valence-electron chi connectivity index (χ1n) is 18.6. The molecule has 254 valence electrons. The van der Waals surface area contributed by atoms with Gasteiger partial charge in [0.1, 0.15) is 11.2 Å². The van der Waals surface area contributed by atoms with Crippen molar-refractivity contribution in [2.75, 3.05) is 0 Å². The standard InChI is InChI=1S/C51H34N2O/c1-51(2)43-25-21-33(28-42(43)49-36-15-7-6-12-31(36)20-26-44(49)51)35-23-24-40(38-17-9-8-16-37(35)38)50-52-45(32-13-4-3-5-14-32)30-46(53-50)34-22-27-48-41(29-34)39-18-10-11-19-47(39)54-48/h3-30H,1-2H3. The minimum absolute atomic E-state index is 0.0762. The fraction of sp³-hybridized carbons (Fsp3) is 0.0588. The highest BCUT2D eigenvalue weighted by atomic mass is 16.3. The van der Waals surface area contributed by atoms with E-state index in [1.165, 1.54) is 49.5 Å². The van der Waals surface area contributed by atoms with Crippen molar-refractivity contribution in [2.24, 2.45) is 0 Å². The molecular formula is C51H34N2O. The van der Waals surface area contributed by atoms with Gasteiger partial charge in [0, 0.05) is 32.9 Å². The van der Waals surface area contributed by atoms with E-state index < -0.39 is 0 Å². The van der Waals surface area contributed by atoms with E-state index in [9.17, 15) is 0 Å². The summed E-state index contributed by atoms with van der Waals surface area (Å²) in [7, 11) is 0. The van der Waals surface area contributed by atoms with Gasteiger partial charge in [0.25, 0.3) is 0 Å². The molecule has 0 amide bonds. The van der Waals surface area contributed by atoms with Gasteiger partial charge in [-0.1, -0.05) is 141 Å². The topological polar surface area (TPSA) is 38.9 Å². The van der Waals surface area contributed by atoms with Gasteiger partial charge in [0.2, 0.25) is 0 Å². The highest BCUT2D eigenvalue weighted by Gasteiger charge is 2.36. The molecule has 0 aliphatic heterocycles. The molecule has 1 aliphatic rings. The number of furan rings is 1. The van der Waals surface area contributed by atoms with Gasteiger partial charge in [-0.05, 0) is 97.4 Å². The maximum absolute atomic E-state index is 6.16. The molecule has 1 aliphatic carbocycles. The van der Waals surface area contributed by atoms with Gasteiger partial charge < -0.3 is 4.42 Å². The van der Waals surface area contributed by atoms with Crippen LogP contribution in [0.1, 0.15) is 25.0 Å². The summed E-state index contributed by atoms with van der Waals surface area (Å²) in [6.45, 7) is 4.70. The molecule has 0 atom stereocenters. The van der Waals surface area contributed by atoms with Crippen LogP contribution in [0.5, 0.6) is 0 Å². The molecule has 0 unspecified atom stereocenters. The molecule has 54 heavy (non-hydrogen) atoms. The van der Waals surface area contributed by atoms with Crippen molar-refractivity contribution in [1.82, 2.24) is 9.97 Å². The van der Waals surface area contributed by atoms with E-state index in [1.807, 2.05) is 18.2 Å². The van der Waals surface area contributed by atoms with E-state index in [4.69, 9.17) is 14.4 Å². The summed E-state index contributed by atoms with van der Waals surface area (Å²) in [6, 6.07) is 60.6. The summed E-state index contributed by atoms with van der Waals surface area (Å²) in [5.41, 5.74) is 14.3. The normalized spacial score (nSPS) is 13.1. The molecule has 0 N–H and O–H groups in total. The first-order valence-corrected chi connectivity index (χ1v) is 18.6. The van der Waals surface area contributed by atoms with Crippen molar-refractivity contribution in [2.45, 2.75) is 19.3 Å². The van der Waals surface area contributed by atoms with Crippen LogP contribution in [0.2, 0.25) is 0 Å². The molecule has 0 bridgehead atoms. The van der Waals surface area contributed by atoms with Crippen molar-refractivity contribution < 1.29 is 4.42 Å². The number of nitrogens with zero attached hydrogens (tertiary/aromatic N) is 2. The average Bonchev–Trinajstić information content (AvgIpc) is 3.71. The second-order valence-corrected chi connectivity index (χ2v) is 14.9. The van der Waals surface area contributed by atoms with Crippen molar-refractivity contribution in [3.05, 3.63) is 181 Å². The van der Waals surface area contributed by atoms with Crippen molar-refractivity contribution in [3.63, 3.8) is 0 Å². The molecule has 0 radical (unpaired) electrons. The third kappa shape index (κ3) is 4.61. The van der Waals surface area contributed by atoms with Gasteiger partial charge in [0.05, 0.1) is 11.4 Å². The number of aromatic nitrogens is 2. The van der Waals surface area contributed by atoms with E-state index >= 15 is 0 Å². The van der Waals surface area contributed by atoms with Crippen LogP contribution >= 0.6 is 0 Å². The van der Waals surface area contributed by atoms with Crippen molar-refractivity contribution >= 4 is 43.5 Å². The number of fused-ring (bicyclic) bond motifs is 9. The Kier molecular flexibility index (Phi) is 6.60. The van der Waals surface area contributed by atoms with Gasteiger partial charge in [-0.25, -0.2) is 9.97 Å². The Morgan fingerprint density at radius 2 is 1.04 bits per heavy atom. The first-order chi connectivity index (χ1) is 26.5. The van der Waals surface area contributed by atoms with Crippen LogP contribution < -0.4 is 0 Å². The minimum atomic E-state index is -0.0762. The molecule has 3 heteroatoms. The Balaban J connectivity index is 1.09. The number of rotatable bonds is 4. The molecule has 0 fully saturated rings. The Hall–Kier alpha value is -6.84. The zero-order chi connectivity index (χ0) is 36.0. The maximum atomic E-state index is 6.16. The van der Waals surface area contributed by atoms with E-state index in [1.54, 1.807) is 0 Å². The van der Waals surface area contributed by atoms with Gasteiger partial charge in [-0.2, -0.15) is 0 Å². The van der Waals surface area contributed by atoms with Gasteiger partial charge in [-0.3, -0.25) is 0 Å². The van der Waals surface area contributed by atoms with Crippen molar-refractivity contribution in [3.8, 4) is 56.2 Å². The average molecular weight is 691 g/mol. The molecule has 11 rings (SSSR count). The van der Waals surface area contributed by atoms with E-state index in [0.717, 1.165) is 55.4 Å². The lowest BCUT2D eigenvalue weighted by Gasteiger charge is -2.21. The predicted molar refractivity (Wildman–Crippen MR) is 224 cm³/mol. The second kappa shape index (κ2) is 11.6. The third-order valence-electron chi connectivity index (χ3n) is 11.5. The second-order valence-electron chi connectivity index (χ2n) is 14.9. The summed E-state index contributed by atoms with van der Waals surface area (Å²) in [4.78, 5) is 10.5. The maximum Gasteiger partial charge on any atom is 0.161 e. The molecule has 0 saturated heterocycles. The summed E-state index contributed by atoms with van der Waals surface area (Å²) >= 11 is 0. The molecule has 3 nitrogen and oxygen atoms in total. The van der Waals surface area contributed by atoms with Crippen LogP contribution in [-0.2, 0) is 5.41 Å². The molecule has 0 spiro atoms. The van der Waals surface area contributed by atoms with Crippen LogP contribution in [0.15, 0.2) is 174 Å². The molecule has 10 aromatic rings. The summed E-state index contributed by atoms with van der Waals surface area (Å²) < 4.78 is 6.16. The van der Waals surface area contributed by atoms with Crippen LogP contribution in [0.25, 0.3) is 99.6 Å². The largest absolute Gasteiger partial charge is 0.456 e. The lowest BCUT2D eigenvalue weighted by Crippen LogP contribution is -2.14. The number of hydrogen-bond acceptors (Lipinski definition) is 3. The molecule has 8 aromatic carbocycles. The Morgan fingerprint density at radius 3 is 1.87 bits per heavy atom. The van der Waals surface area contributed by atoms with Crippen molar-refractivity contribution in [1.29, 1.82) is 0 Å². The molecule has 0 saturated carbocycles. The number of benzene rings is 8. The summed E-state index contributed by atoms with van der Waals surface area (Å²) in [5, 5.41) is 7.05. The van der Waals surface area contributed by atoms with E-state index in [-0.39, 0.29) is 5.41 Å². The molecular weight excluding hydrogens is 657 g/mol. The summed E-state index contributed by atoms with van der Waals surface area (Å²) in [6.07, 6.45) is 0. The van der Waals surface area contributed by atoms with E-state index in [0.29, 0.717) is 5.82 Å². The highest BCUT2D eigenvalue weighted by molar-refractivity contribution is 6.08. The highest BCUT2D eigenvalue weighted by Crippen LogP contribution is 2.52. The van der Waals surface area contributed by atoms with Gasteiger partial charge >= 0.3 is 0 Å². The number of hydrogen-bond donors (Lipinski definition) is 0. The third-order valence-corrected chi connectivity index (χ3v) is 11.5.